The van der Waals surface area contributed by atoms with E-state index in [1.807, 2.05) is 6.92 Å². The summed E-state index contributed by atoms with van der Waals surface area (Å²) in [6.07, 6.45) is 1.24. The van der Waals surface area contributed by atoms with E-state index in [-0.39, 0.29) is 6.04 Å². The highest BCUT2D eigenvalue weighted by molar-refractivity contribution is 7.92. The van der Waals surface area contributed by atoms with Gasteiger partial charge in [-0.05, 0) is 44.5 Å². The summed E-state index contributed by atoms with van der Waals surface area (Å²) in [5.41, 5.74) is 0.860. The minimum Gasteiger partial charge on any atom is -0.309 e. The van der Waals surface area contributed by atoms with Gasteiger partial charge in [0.15, 0.2) is 9.84 Å². The van der Waals surface area contributed by atoms with Crippen molar-refractivity contribution in [2.45, 2.75) is 31.6 Å². The van der Waals surface area contributed by atoms with E-state index in [2.05, 4.69) is 5.32 Å². The van der Waals surface area contributed by atoms with Crippen LogP contribution in [0.5, 0.6) is 0 Å². The van der Waals surface area contributed by atoms with Gasteiger partial charge < -0.3 is 5.32 Å². The number of hydrogen-bond donors (Lipinski definition) is 1. The van der Waals surface area contributed by atoms with E-state index >= 15 is 0 Å². The molecule has 0 aliphatic rings. The molecule has 1 N–H and O–H groups in total. The van der Waals surface area contributed by atoms with E-state index in [4.69, 9.17) is 23.2 Å². The number of hydrogen-bond acceptors (Lipinski definition) is 3. The van der Waals surface area contributed by atoms with Crippen LogP contribution in [-0.2, 0) is 9.84 Å². The normalized spacial score (nSPS) is 14.4. The van der Waals surface area contributed by atoms with Gasteiger partial charge in [0.25, 0.3) is 0 Å². The molecule has 0 radical (unpaired) electrons. The van der Waals surface area contributed by atoms with Crippen molar-refractivity contribution in [2.75, 3.05) is 12.8 Å². The molecule has 0 amide bonds. The van der Waals surface area contributed by atoms with Crippen LogP contribution in [0.4, 0.5) is 0 Å². The molecule has 108 valence electrons. The van der Waals surface area contributed by atoms with Crippen molar-refractivity contribution in [2.24, 2.45) is 0 Å². The molecule has 1 rings (SSSR count). The maximum absolute atomic E-state index is 11.6. The molecule has 0 spiro atoms. The minimum atomic E-state index is -3.12. The first kappa shape index (κ1) is 16.8. The van der Waals surface area contributed by atoms with Crippen LogP contribution in [0.2, 0.25) is 10.0 Å². The Morgan fingerprint density at radius 3 is 2.42 bits per heavy atom. The van der Waals surface area contributed by atoms with E-state index in [1.165, 1.54) is 6.26 Å². The second kappa shape index (κ2) is 6.00. The molecule has 1 atom stereocenters. The van der Waals surface area contributed by atoms with Crippen LogP contribution in [0.15, 0.2) is 18.2 Å². The molecule has 0 heterocycles. The van der Waals surface area contributed by atoms with Gasteiger partial charge in [-0.15, -0.1) is 0 Å². The monoisotopic (exact) mass is 323 g/mol. The maximum Gasteiger partial charge on any atom is 0.153 e. The van der Waals surface area contributed by atoms with Crippen LogP contribution in [0.1, 0.15) is 32.4 Å². The second-order valence-corrected chi connectivity index (χ2v) is 8.79. The Hall–Kier alpha value is -0.290. The van der Waals surface area contributed by atoms with E-state index in [9.17, 15) is 8.42 Å². The lowest BCUT2D eigenvalue weighted by molar-refractivity contribution is 0.489. The zero-order chi connectivity index (χ0) is 14.8. The zero-order valence-electron chi connectivity index (χ0n) is 11.5. The van der Waals surface area contributed by atoms with Crippen LogP contribution in [0.3, 0.4) is 0 Å². The molecule has 0 saturated heterocycles. The topological polar surface area (TPSA) is 46.2 Å². The quantitative estimate of drug-likeness (QED) is 0.902. The predicted molar refractivity (Wildman–Crippen MR) is 81.8 cm³/mol. The largest absolute Gasteiger partial charge is 0.309 e. The van der Waals surface area contributed by atoms with Gasteiger partial charge in [-0.3, -0.25) is 0 Å². The van der Waals surface area contributed by atoms with Gasteiger partial charge in [0.2, 0.25) is 0 Å². The van der Waals surface area contributed by atoms with Gasteiger partial charge in [-0.1, -0.05) is 23.2 Å². The maximum atomic E-state index is 11.6. The summed E-state index contributed by atoms with van der Waals surface area (Å²) in [4.78, 5) is 0. The molecule has 1 aromatic carbocycles. The van der Waals surface area contributed by atoms with Crippen molar-refractivity contribution in [1.29, 1.82) is 0 Å². The first-order valence-corrected chi connectivity index (χ1v) is 8.57. The lowest BCUT2D eigenvalue weighted by atomic mass is 10.1. The van der Waals surface area contributed by atoms with Crippen molar-refractivity contribution in [3.63, 3.8) is 0 Å². The number of rotatable bonds is 5. The molecule has 1 unspecified atom stereocenters. The fraction of sp³-hybridized carbons (Fsp3) is 0.538. The first-order chi connectivity index (χ1) is 8.54. The van der Waals surface area contributed by atoms with E-state index in [0.29, 0.717) is 16.6 Å². The predicted octanol–water partition coefficient (Wildman–Crippen LogP) is 3.47. The average Bonchev–Trinajstić information content (AvgIpc) is 2.28. The van der Waals surface area contributed by atoms with Crippen molar-refractivity contribution in [1.82, 2.24) is 5.32 Å². The molecular formula is C13H19Cl2NO2S. The summed E-state index contributed by atoms with van der Waals surface area (Å²) in [7, 11) is -3.12. The van der Waals surface area contributed by atoms with Gasteiger partial charge in [-0.25, -0.2) is 8.42 Å². The number of benzene rings is 1. The van der Waals surface area contributed by atoms with Crippen molar-refractivity contribution >= 4 is 33.0 Å². The Bertz CT molecular complexity index is 556. The van der Waals surface area contributed by atoms with E-state index in [1.54, 1.807) is 32.0 Å². The molecule has 0 aliphatic carbocycles. The molecule has 6 heteroatoms. The third kappa shape index (κ3) is 4.35. The summed E-state index contributed by atoms with van der Waals surface area (Å²) >= 11 is 12.1. The fourth-order valence-corrected chi connectivity index (χ4v) is 2.29. The lowest BCUT2D eigenvalue weighted by Crippen LogP contribution is -2.42. The van der Waals surface area contributed by atoms with Crippen LogP contribution >= 0.6 is 23.2 Å². The molecule has 0 fully saturated rings. The van der Waals surface area contributed by atoms with Gasteiger partial charge in [0.1, 0.15) is 0 Å². The molecule has 0 bridgehead atoms. The Kier molecular flexibility index (Phi) is 5.29. The van der Waals surface area contributed by atoms with Crippen LogP contribution in [0, 0.1) is 0 Å². The molecule has 3 nitrogen and oxygen atoms in total. The Balaban J connectivity index is 2.81. The summed E-state index contributed by atoms with van der Waals surface area (Å²) in [6, 6.07) is 5.17. The molecule has 0 aliphatic heterocycles. The van der Waals surface area contributed by atoms with E-state index < -0.39 is 14.6 Å². The number of halogens is 2. The average molecular weight is 324 g/mol. The van der Waals surface area contributed by atoms with Crippen molar-refractivity contribution in [3.8, 4) is 0 Å². The van der Waals surface area contributed by atoms with Gasteiger partial charge in [-0.2, -0.15) is 0 Å². The van der Waals surface area contributed by atoms with Crippen molar-refractivity contribution in [3.05, 3.63) is 33.8 Å². The standard InChI is InChI=1S/C13H19Cl2NO2S/c1-9(11-7-10(14)5-6-12(11)15)16-8-13(2,3)19(4,17)18/h5-7,9,16H,8H2,1-4H3. The van der Waals surface area contributed by atoms with Gasteiger partial charge >= 0.3 is 0 Å². The fourth-order valence-electron chi connectivity index (χ4n) is 1.49. The SMILES string of the molecule is CC(NCC(C)(C)S(C)(=O)=O)c1cc(Cl)ccc1Cl. The Morgan fingerprint density at radius 1 is 1.32 bits per heavy atom. The van der Waals surface area contributed by atoms with Crippen LogP contribution in [0.25, 0.3) is 0 Å². The minimum absolute atomic E-state index is 0.0766. The molecule has 0 aromatic heterocycles. The van der Waals surface area contributed by atoms with Crippen LogP contribution in [-0.4, -0.2) is 26.0 Å². The summed E-state index contributed by atoms with van der Waals surface area (Å²) in [6.45, 7) is 5.66. The first-order valence-electron chi connectivity index (χ1n) is 5.92. The lowest BCUT2D eigenvalue weighted by Gasteiger charge is -2.26. The molecule has 0 saturated carbocycles. The Labute approximate surface area is 125 Å². The third-order valence-corrected chi connectivity index (χ3v) is 5.99. The highest BCUT2D eigenvalue weighted by Gasteiger charge is 2.30. The van der Waals surface area contributed by atoms with Crippen LogP contribution < -0.4 is 5.32 Å². The third-order valence-electron chi connectivity index (χ3n) is 3.26. The number of sulfone groups is 1. The van der Waals surface area contributed by atoms with E-state index in [0.717, 1.165) is 5.56 Å². The van der Waals surface area contributed by atoms with Gasteiger partial charge in [0, 0.05) is 28.9 Å². The molecule has 19 heavy (non-hydrogen) atoms. The zero-order valence-corrected chi connectivity index (χ0v) is 13.8. The molecule has 1 aromatic rings. The van der Waals surface area contributed by atoms with Crippen molar-refractivity contribution < 1.29 is 8.42 Å². The summed E-state index contributed by atoms with van der Waals surface area (Å²) in [5.74, 6) is 0. The summed E-state index contributed by atoms with van der Waals surface area (Å²) in [5, 5.41) is 4.41. The smallest absolute Gasteiger partial charge is 0.153 e. The van der Waals surface area contributed by atoms with Gasteiger partial charge in [0.05, 0.1) is 4.75 Å². The second-order valence-electron chi connectivity index (χ2n) is 5.30. The molecular weight excluding hydrogens is 305 g/mol. The Morgan fingerprint density at radius 2 is 1.89 bits per heavy atom. The highest BCUT2D eigenvalue weighted by Crippen LogP contribution is 2.26. The number of nitrogens with one attached hydrogen (secondary N) is 1. The highest BCUT2D eigenvalue weighted by atomic mass is 35.5. The summed E-state index contributed by atoms with van der Waals surface area (Å²) < 4.78 is 22.4.